The van der Waals surface area contributed by atoms with E-state index in [1.165, 1.54) is 49.9 Å². The minimum Gasteiger partial charge on any atom is -0.320 e. The molecule has 0 radical (unpaired) electrons. The van der Waals surface area contributed by atoms with Gasteiger partial charge in [-0.15, -0.1) is 6.58 Å². The number of hydrogen-bond acceptors (Lipinski definition) is 2. The lowest BCUT2D eigenvalue weighted by atomic mass is 9.76. The molecule has 2 nitrogen and oxygen atoms in total. The third kappa shape index (κ3) is 3.99. The van der Waals surface area contributed by atoms with Crippen molar-refractivity contribution < 1.29 is 0 Å². The SMILES string of the molecule is C=C(C)CC(N)(c1ccccc1)C(CCC)N1CCCCC1. The van der Waals surface area contributed by atoms with Gasteiger partial charge in [-0.2, -0.15) is 0 Å². The molecule has 2 heteroatoms. The van der Waals surface area contributed by atoms with Gasteiger partial charge in [0.1, 0.15) is 0 Å². The first kappa shape index (κ1) is 17.2. The van der Waals surface area contributed by atoms with Crippen LogP contribution in [0.1, 0.15) is 57.9 Å². The van der Waals surface area contributed by atoms with Gasteiger partial charge in [-0.25, -0.2) is 0 Å². The second kappa shape index (κ2) is 7.94. The fourth-order valence-electron chi connectivity index (χ4n) is 3.93. The minimum atomic E-state index is -0.333. The first-order valence-corrected chi connectivity index (χ1v) is 8.80. The third-order valence-corrected chi connectivity index (χ3v) is 4.89. The number of likely N-dealkylation sites (tertiary alicyclic amines) is 1. The lowest BCUT2D eigenvalue weighted by molar-refractivity contribution is 0.0877. The van der Waals surface area contributed by atoms with E-state index in [1.54, 1.807) is 0 Å². The molecule has 0 spiro atoms. The third-order valence-electron chi connectivity index (χ3n) is 4.89. The van der Waals surface area contributed by atoms with E-state index >= 15 is 0 Å². The number of benzene rings is 1. The molecule has 1 saturated heterocycles. The summed E-state index contributed by atoms with van der Waals surface area (Å²) in [5, 5.41) is 0. The van der Waals surface area contributed by atoms with Crippen molar-refractivity contribution in [3.63, 3.8) is 0 Å². The van der Waals surface area contributed by atoms with E-state index in [0.29, 0.717) is 6.04 Å². The summed E-state index contributed by atoms with van der Waals surface area (Å²) in [5.41, 5.74) is 9.17. The number of nitrogens with two attached hydrogens (primary N) is 1. The molecular weight excluding hydrogens is 268 g/mol. The quantitative estimate of drug-likeness (QED) is 0.753. The van der Waals surface area contributed by atoms with Crippen LogP contribution in [-0.2, 0) is 5.54 Å². The molecule has 2 N–H and O–H groups in total. The summed E-state index contributed by atoms with van der Waals surface area (Å²) in [4.78, 5) is 2.64. The minimum absolute atomic E-state index is 0.333. The highest BCUT2D eigenvalue weighted by Gasteiger charge is 2.39. The smallest absolute Gasteiger partial charge is 0.0604 e. The molecule has 0 aliphatic carbocycles. The highest BCUT2D eigenvalue weighted by Crippen LogP contribution is 2.35. The van der Waals surface area contributed by atoms with Crippen molar-refractivity contribution in [2.24, 2.45) is 5.73 Å². The van der Waals surface area contributed by atoms with Crippen molar-refractivity contribution in [2.75, 3.05) is 13.1 Å². The van der Waals surface area contributed by atoms with Gasteiger partial charge in [-0.3, -0.25) is 4.90 Å². The van der Waals surface area contributed by atoms with E-state index in [4.69, 9.17) is 5.73 Å². The summed E-state index contributed by atoms with van der Waals surface area (Å²) < 4.78 is 0. The second-order valence-electron chi connectivity index (χ2n) is 6.94. The molecule has 1 aliphatic heterocycles. The van der Waals surface area contributed by atoms with Crippen LogP contribution < -0.4 is 5.73 Å². The van der Waals surface area contributed by atoms with Gasteiger partial charge >= 0.3 is 0 Å². The van der Waals surface area contributed by atoms with E-state index < -0.39 is 0 Å². The molecule has 2 rings (SSSR count). The van der Waals surface area contributed by atoms with E-state index in [-0.39, 0.29) is 5.54 Å². The Kier molecular flexibility index (Phi) is 6.22. The monoisotopic (exact) mass is 300 g/mol. The maximum absolute atomic E-state index is 7.08. The summed E-state index contributed by atoms with van der Waals surface area (Å²) in [6.07, 6.45) is 7.15. The molecule has 0 amide bonds. The first-order valence-electron chi connectivity index (χ1n) is 8.80. The van der Waals surface area contributed by atoms with E-state index in [2.05, 4.69) is 55.7 Å². The molecule has 0 aromatic heterocycles. The van der Waals surface area contributed by atoms with Crippen LogP contribution in [0.5, 0.6) is 0 Å². The number of rotatable bonds is 7. The van der Waals surface area contributed by atoms with Gasteiger partial charge in [0, 0.05) is 6.04 Å². The second-order valence-corrected chi connectivity index (χ2v) is 6.94. The Morgan fingerprint density at radius 2 is 1.86 bits per heavy atom. The Morgan fingerprint density at radius 1 is 1.23 bits per heavy atom. The summed E-state index contributed by atoms with van der Waals surface area (Å²) >= 11 is 0. The molecule has 2 unspecified atom stereocenters. The molecule has 2 atom stereocenters. The van der Waals surface area contributed by atoms with Crippen LogP contribution in [0.2, 0.25) is 0 Å². The summed E-state index contributed by atoms with van der Waals surface area (Å²) in [7, 11) is 0. The van der Waals surface area contributed by atoms with Crippen LogP contribution in [0.25, 0.3) is 0 Å². The molecule has 122 valence electrons. The van der Waals surface area contributed by atoms with Crippen LogP contribution >= 0.6 is 0 Å². The van der Waals surface area contributed by atoms with Crippen molar-refractivity contribution in [1.82, 2.24) is 4.90 Å². The normalized spacial score (nSPS) is 20.3. The molecule has 1 fully saturated rings. The summed E-state index contributed by atoms with van der Waals surface area (Å²) in [5.74, 6) is 0. The van der Waals surface area contributed by atoms with Crippen LogP contribution in [0.3, 0.4) is 0 Å². The Hall–Kier alpha value is -1.12. The Morgan fingerprint density at radius 3 is 2.41 bits per heavy atom. The molecule has 1 aromatic carbocycles. The maximum atomic E-state index is 7.08. The number of nitrogens with zero attached hydrogens (tertiary/aromatic N) is 1. The molecule has 0 bridgehead atoms. The highest BCUT2D eigenvalue weighted by atomic mass is 15.2. The van der Waals surface area contributed by atoms with Crippen LogP contribution in [0.15, 0.2) is 42.5 Å². The maximum Gasteiger partial charge on any atom is 0.0604 e. The fourth-order valence-corrected chi connectivity index (χ4v) is 3.93. The van der Waals surface area contributed by atoms with E-state index in [9.17, 15) is 0 Å². The average molecular weight is 300 g/mol. The van der Waals surface area contributed by atoms with Gasteiger partial charge in [-0.05, 0) is 51.3 Å². The van der Waals surface area contributed by atoms with Crippen molar-refractivity contribution in [1.29, 1.82) is 0 Å². The van der Waals surface area contributed by atoms with Crippen molar-refractivity contribution in [3.05, 3.63) is 48.0 Å². The largest absolute Gasteiger partial charge is 0.320 e. The topological polar surface area (TPSA) is 29.3 Å². The predicted octanol–water partition coefficient (Wildman–Crippen LogP) is 4.46. The Labute approximate surface area is 136 Å². The summed E-state index contributed by atoms with van der Waals surface area (Å²) in [6.45, 7) is 10.9. The van der Waals surface area contributed by atoms with Crippen LogP contribution in [0.4, 0.5) is 0 Å². The Balaban J connectivity index is 2.36. The van der Waals surface area contributed by atoms with Crippen molar-refractivity contribution >= 4 is 0 Å². The van der Waals surface area contributed by atoms with Gasteiger partial charge < -0.3 is 5.73 Å². The van der Waals surface area contributed by atoms with E-state index in [1.807, 2.05) is 0 Å². The van der Waals surface area contributed by atoms with E-state index in [0.717, 1.165) is 12.8 Å². The molecule has 22 heavy (non-hydrogen) atoms. The molecule has 1 heterocycles. The molecule has 1 aromatic rings. The average Bonchev–Trinajstić information content (AvgIpc) is 2.53. The zero-order valence-electron chi connectivity index (χ0n) is 14.4. The predicted molar refractivity (Wildman–Crippen MR) is 95.9 cm³/mol. The fraction of sp³-hybridized carbons (Fsp3) is 0.600. The molecule has 1 aliphatic rings. The zero-order chi connectivity index (χ0) is 16.0. The lowest BCUT2D eigenvalue weighted by Crippen LogP contribution is -2.57. The van der Waals surface area contributed by atoms with Gasteiger partial charge in [-0.1, -0.05) is 55.7 Å². The first-order chi connectivity index (χ1) is 10.6. The standard InChI is InChI=1S/C20H32N2/c1-4-11-19(22-14-9-6-10-15-22)20(21,16-17(2)3)18-12-7-5-8-13-18/h5,7-8,12-13,19H,2,4,6,9-11,14-16,21H2,1,3H3. The zero-order valence-corrected chi connectivity index (χ0v) is 14.4. The van der Waals surface area contributed by atoms with Crippen molar-refractivity contribution in [3.8, 4) is 0 Å². The van der Waals surface area contributed by atoms with Gasteiger partial charge in [0.25, 0.3) is 0 Å². The summed E-state index contributed by atoms with van der Waals surface area (Å²) in [6, 6.07) is 11.1. The van der Waals surface area contributed by atoms with Crippen LogP contribution in [0, 0.1) is 0 Å². The molecule has 0 saturated carbocycles. The van der Waals surface area contributed by atoms with Gasteiger partial charge in [0.2, 0.25) is 0 Å². The van der Waals surface area contributed by atoms with Crippen LogP contribution in [-0.4, -0.2) is 24.0 Å². The highest BCUT2D eigenvalue weighted by molar-refractivity contribution is 5.28. The lowest BCUT2D eigenvalue weighted by Gasteiger charge is -2.46. The number of piperidine rings is 1. The van der Waals surface area contributed by atoms with Gasteiger partial charge in [0.05, 0.1) is 5.54 Å². The number of hydrogen-bond donors (Lipinski definition) is 1. The molecular formula is C20H32N2. The van der Waals surface area contributed by atoms with Crippen molar-refractivity contribution in [2.45, 2.75) is 64.0 Å². The Bertz CT molecular complexity index is 462. The van der Waals surface area contributed by atoms with Gasteiger partial charge in [0.15, 0.2) is 0 Å².